The van der Waals surface area contributed by atoms with Crippen LogP contribution in [0.2, 0.25) is 0 Å². The second-order valence-corrected chi connectivity index (χ2v) is 5.25. The number of nitrogens with zero attached hydrogens (tertiary/aromatic N) is 2. The lowest BCUT2D eigenvalue weighted by Crippen LogP contribution is -2.46. The van der Waals surface area contributed by atoms with E-state index < -0.39 is 5.60 Å². The third kappa shape index (κ3) is 2.02. The molecule has 1 aliphatic carbocycles. The lowest BCUT2D eigenvalue weighted by Gasteiger charge is -2.36. The zero-order chi connectivity index (χ0) is 12.6. The maximum Gasteiger partial charge on any atom is 0.137 e. The molecule has 3 rings (SSSR count). The fourth-order valence-electron chi connectivity index (χ4n) is 2.55. The van der Waals surface area contributed by atoms with Crippen molar-refractivity contribution in [2.45, 2.75) is 38.3 Å². The zero-order valence-electron chi connectivity index (χ0n) is 10.7. The molecule has 0 bridgehead atoms. The summed E-state index contributed by atoms with van der Waals surface area (Å²) in [6, 6.07) is 6.02. The summed E-state index contributed by atoms with van der Waals surface area (Å²) in [7, 11) is 0. The molecule has 4 heteroatoms. The summed E-state index contributed by atoms with van der Waals surface area (Å²) in [5.41, 5.74) is 2.74. The van der Waals surface area contributed by atoms with Crippen molar-refractivity contribution in [1.82, 2.24) is 14.7 Å². The number of hydrogen-bond donors (Lipinski definition) is 2. The van der Waals surface area contributed by atoms with Gasteiger partial charge in [-0.05, 0) is 38.3 Å². The maximum absolute atomic E-state index is 10.0. The number of imidazole rings is 1. The topological polar surface area (TPSA) is 49.6 Å². The van der Waals surface area contributed by atoms with Gasteiger partial charge in [-0.2, -0.15) is 0 Å². The van der Waals surface area contributed by atoms with Crippen LogP contribution in [0.5, 0.6) is 0 Å². The Labute approximate surface area is 107 Å². The van der Waals surface area contributed by atoms with Crippen molar-refractivity contribution in [2.75, 3.05) is 6.54 Å². The predicted octanol–water partition coefficient (Wildman–Crippen LogP) is 1.65. The molecular formula is C14H19N3O. The maximum atomic E-state index is 10.0. The summed E-state index contributed by atoms with van der Waals surface area (Å²) < 4.78 is 2.10. The first-order chi connectivity index (χ1) is 8.68. The number of hydrogen-bond acceptors (Lipinski definition) is 3. The van der Waals surface area contributed by atoms with Crippen LogP contribution in [0.3, 0.4) is 0 Å². The third-order valence-electron chi connectivity index (χ3n) is 3.86. The van der Waals surface area contributed by atoms with Gasteiger partial charge < -0.3 is 14.8 Å². The molecule has 1 fully saturated rings. The van der Waals surface area contributed by atoms with Gasteiger partial charge in [-0.25, -0.2) is 4.98 Å². The average Bonchev–Trinajstić information content (AvgIpc) is 2.64. The summed E-state index contributed by atoms with van der Waals surface area (Å²) >= 11 is 0. The average molecular weight is 245 g/mol. The van der Waals surface area contributed by atoms with Crippen molar-refractivity contribution in [3.05, 3.63) is 35.8 Å². The number of aryl methyl sites for hydroxylation is 1. The van der Waals surface area contributed by atoms with Gasteiger partial charge in [0.1, 0.15) is 5.65 Å². The molecule has 0 aromatic carbocycles. The van der Waals surface area contributed by atoms with Gasteiger partial charge in [-0.15, -0.1) is 0 Å². The minimum atomic E-state index is -0.464. The highest BCUT2D eigenvalue weighted by Crippen LogP contribution is 2.30. The van der Waals surface area contributed by atoms with Gasteiger partial charge in [0.25, 0.3) is 0 Å². The SMILES string of the molecule is Cc1nc2ccccn2c1CNCC1(O)CCC1. The van der Waals surface area contributed by atoms with E-state index in [2.05, 4.69) is 14.7 Å². The van der Waals surface area contributed by atoms with Crippen LogP contribution in [0.25, 0.3) is 5.65 Å². The summed E-state index contributed by atoms with van der Waals surface area (Å²) in [5.74, 6) is 0. The molecule has 2 aromatic heterocycles. The first kappa shape index (κ1) is 11.7. The Balaban J connectivity index is 1.72. The number of rotatable bonds is 4. The number of aromatic nitrogens is 2. The van der Waals surface area contributed by atoms with E-state index in [1.165, 1.54) is 5.69 Å². The number of nitrogens with one attached hydrogen (secondary N) is 1. The summed E-state index contributed by atoms with van der Waals surface area (Å²) in [6.45, 7) is 3.45. The van der Waals surface area contributed by atoms with E-state index in [1.54, 1.807) is 0 Å². The monoisotopic (exact) mass is 245 g/mol. The van der Waals surface area contributed by atoms with Gasteiger partial charge in [0.05, 0.1) is 17.0 Å². The molecule has 0 atom stereocenters. The first-order valence-electron chi connectivity index (χ1n) is 6.54. The van der Waals surface area contributed by atoms with Crippen LogP contribution < -0.4 is 5.32 Å². The van der Waals surface area contributed by atoms with Crippen LogP contribution in [-0.2, 0) is 6.54 Å². The molecule has 0 aliphatic heterocycles. The number of pyridine rings is 1. The second-order valence-electron chi connectivity index (χ2n) is 5.25. The van der Waals surface area contributed by atoms with Gasteiger partial charge in [-0.3, -0.25) is 0 Å². The lowest BCUT2D eigenvalue weighted by atomic mass is 9.80. The standard InChI is InChI=1S/C14H19N3O/c1-11-12(9-15-10-14(18)6-4-7-14)17-8-3-2-5-13(17)16-11/h2-3,5,8,15,18H,4,6-7,9-10H2,1H3. The first-order valence-corrected chi connectivity index (χ1v) is 6.54. The van der Waals surface area contributed by atoms with Gasteiger partial charge in [0, 0.05) is 19.3 Å². The van der Waals surface area contributed by atoms with Crippen LogP contribution >= 0.6 is 0 Å². The molecule has 1 aliphatic rings. The Bertz CT molecular complexity index is 557. The minimum absolute atomic E-state index is 0.464. The molecule has 2 aromatic rings. The molecule has 96 valence electrons. The molecule has 0 spiro atoms. The van der Waals surface area contributed by atoms with Crippen molar-refractivity contribution in [3.63, 3.8) is 0 Å². The lowest BCUT2D eigenvalue weighted by molar-refractivity contribution is -0.0315. The second kappa shape index (κ2) is 4.37. The Kier molecular flexibility index (Phi) is 2.84. The molecule has 2 heterocycles. The Morgan fingerprint density at radius 3 is 3.00 bits per heavy atom. The quantitative estimate of drug-likeness (QED) is 0.861. The molecule has 2 N–H and O–H groups in total. The Morgan fingerprint density at radius 2 is 2.28 bits per heavy atom. The number of fused-ring (bicyclic) bond motifs is 1. The summed E-state index contributed by atoms with van der Waals surface area (Å²) in [6.07, 6.45) is 5.02. The highest BCUT2D eigenvalue weighted by Gasteiger charge is 2.33. The highest BCUT2D eigenvalue weighted by atomic mass is 16.3. The highest BCUT2D eigenvalue weighted by molar-refractivity contribution is 5.42. The Hall–Kier alpha value is -1.39. The third-order valence-corrected chi connectivity index (χ3v) is 3.86. The van der Waals surface area contributed by atoms with Crippen molar-refractivity contribution in [3.8, 4) is 0 Å². The van der Waals surface area contributed by atoms with Gasteiger partial charge >= 0.3 is 0 Å². The van der Waals surface area contributed by atoms with Crippen molar-refractivity contribution >= 4 is 5.65 Å². The van der Waals surface area contributed by atoms with Crippen LogP contribution in [0.15, 0.2) is 24.4 Å². The van der Waals surface area contributed by atoms with E-state index in [4.69, 9.17) is 0 Å². The van der Waals surface area contributed by atoms with Gasteiger partial charge in [-0.1, -0.05) is 6.07 Å². The van der Waals surface area contributed by atoms with Gasteiger partial charge in [0.2, 0.25) is 0 Å². The van der Waals surface area contributed by atoms with E-state index in [0.29, 0.717) is 6.54 Å². The van der Waals surface area contributed by atoms with E-state index in [9.17, 15) is 5.11 Å². The minimum Gasteiger partial charge on any atom is -0.389 e. The summed E-state index contributed by atoms with van der Waals surface area (Å²) in [5, 5.41) is 13.4. The van der Waals surface area contributed by atoms with E-state index in [0.717, 1.165) is 37.1 Å². The molecule has 1 saturated carbocycles. The molecular weight excluding hydrogens is 226 g/mol. The van der Waals surface area contributed by atoms with Crippen LogP contribution in [0, 0.1) is 6.92 Å². The summed E-state index contributed by atoms with van der Waals surface area (Å²) in [4.78, 5) is 4.52. The van der Waals surface area contributed by atoms with Crippen molar-refractivity contribution in [1.29, 1.82) is 0 Å². The normalized spacial score (nSPS) is 17.9. The molecule has 4 nitrogen and oxygen atoms in total. The molecule has 0 saturated heterocycles. The molecule has 0 amide bonds. The molecule has 0 radical (unpaired) electrons. The smallest absolute Gasteiger partial charge is 0.137 e. The van der Waals surface area contributed by atoms with Gasteiger partial charge in [0.15, 0.2) is 0 Å². The fraction of sp³-hybridized carbons (Fsp3) is 0.500. The largest absolute Gasteiger partial charge is 0.389 e. The zero-order valence-corrected chi connectivity index (χ0v) is 10.7. The predicted molar refractivity (Wildman–Crippen MR) is 70.4 cm³/mol. The van der Waals surface area contributed by atoms with E-state index in [-0.39, 0.29) is 0 Å². The van der Waals surface area contributed by atoms with E-state index in [1.807, 2.05) is 31.3 Å². The van der Waals surface area contributed by atoms with Crippen LogP contribution in [-0.4, -0.2) is 26.6 Å². The van der Waals surface area contributed by atoms with Crippen molar-refractivity contribution in [2.24, 2.45) is 0 Å². The van der Waals surface area contributed by atoms with Crippen LogP contribution in [0.4, 0.5) is 0 Å². The van der Waals surface area contributed by atoms with Crippen molar-refractivity contribution < 1.29 is 5.11 Å². The fourth-order valence-corrected chi connectivity index (χ4v) is 2.55. The van der Waals surface area contributed by atoms with E-state index >= 15 is 0 Å². The molecule has 0 unspecified atom stereocenters. The number of aliphatic hydroxyl groups is 1. The van der Waals surface area contributed by atoms with Crippen LogP contribution in [0.1, 0.15) is 30.7 Å². The Morgan fingerprint density at radius 1 is 1.44 bits per heavy atom. The molecule has 18 heavy (non-hydrogen) atoms.